The zero-order chi connectivity index (χ0) is 20.1. The lowest BCUT2D eigenvalue weighted by Gasteiger charge is -2.29. The van der Waals surface area contributed by atoms with Gasteiger partial charge in [0.05, 0.1) is 10.2 Å². The highest BCUT2D eigenvalue weighted by Gasteiger charge is 2.65. The van der Waals surface area contributed by atoms with E-state index in [9.17, 15) is 18.0 Å². The van der Waals surface area contributed by atoms with E-state index in [-0.39, 0.29) is 21.7 Å². The SMILES string of the molecule is Cc1ccc2nc(NC(=O)N[C@]3(C(F)(F)F)Oc4ccc(Cl)cc4O3)sc2c1. The van der Waals surface area contributed by atoms with E-state index < -0.39 is 18.1 Å². The van der Waals surface area contributed by atoms with Crippen LogP contribution in [0.1, 0.15) is 5.56 Å². The average molecular weight is 430 g/mol. The molecule has 6 nitrogen and oxygen atoms in total. The number of nitrogens with one attached hydrogen (secondary N) is 2. The van der Waals surface area contributed by atoms with Gasteiger partial charge in [-0.2, -0.15) is 13.2 Å². The first kappa shape index (κ1) is 18.6. The first-order valence-corrected chi connectivity index (χ1v) is 9.05. The maximum Gasteiger partial charge on any atom is 0.492 e. The molecule has 0 saturated carbocycles. The van der Waals surface area contributed by atoms with E-state index in [0.717, 1.165) is 21.6 Å². The highest BCUT2D eigenvalue weighted by atomic mass is 35.5. The fourth-order valence-electron chi connectivity index (χ4n) is 2.58. The van der Waals surface area contributed by atoms with E-state index in [2.05, 4.69) is 10.3 Å². The van der Waals surface area contributed by atoms with E-state index >= 15 is 0 Å². The lowest BCUT2D eigenvalue weighted by atomic mass is 10.2. The van der Waals surface area contributed by atoms with Crippen LogP contribution in [0.2, 0.25) is 5.02 Å². The third-order valence-electron chi connectivity index (χ3n) is 3.83. The molecule has 0 bridgehead atoms. The van der Waals surface area contributed by atoms with Gasteiger partial charge in [0.15, 0.2) is 16.6 Å². The first-order chi connectivity index (χ1) is 13.1. The Morgan fingerprint density at radius 3 is 2.68 bits per heavy atom. The van der Waals surface area contributed by atoms with E-state index in [1.807, 2.05) is 19.1 Å². The molecule has 0 spiro atoms. The van der Waals surface area contributed by atoms with Crippen molar-refractivity contribution in [2.75, 3.05) is 5.32 Å². The van der Waals surface area contributed by atoms with Crippen molar-refractivity contribution in [3.8, 4) is 11.5 Å². The van der Waals surface area contributed by atoms with Crippen molar-refractivity contribution in [2.24, 2.45) is 0 Å². The maximum atomic E-state index is 13.7. The van der Waals surface area contributed by atoms with Crippen molar-refractivity contribution < 1.29 is 27.4 Å². The molecule has 0 saturated heterocycles. The number of aromatic nitrogens is 1. The van der Waals surface area contributed by atoms with Gasteiger partial charge in [0, 0.05) is 11.1 Å². The number of aryl methyl sites for hydroxylation is 1. The highest BCUT2D eigenvalue weighted by molar-refractivity contribution is 7.22. The number of fused-ring (bicyclic) bond motifs is 2. The van der Waals surface area contributed by atoms with Crippen LogP contribution < -0.4 is 20.1 Å². The summed E-state index contributed by atoms with van der Waals surface area (Å²) < 4.78 is 51.6. The smallest absolute Gasteiger partial charge is 0.424 e. The molecule has 2 amide bonds. The summed E-state index contributed by atoms with van der Waals surface area (Å²) in [4.78, 5) is 16.4. The van der Waals surface area contributed by atoms with Gasteiger partial charge in [-0.15, -0.1) is 0 Å². The predicted octanol–water partition coefficient (Wildman–Crippen LogP) is 5.07. The van der Waals surface area contributed by atoms with Gasteiger partial charge in [-0.25, -0.2) is 9.78 Å². The normalized spacial score (nSPS) is 18.3. The van der Waals surface area contributed by atoms with Gasteiger partial charge in [0.1, 0.15) is 0 Å². The third kappa shape index (κ3) is 3.29. The number of nitrogens with zero attached hydrogens (tertiary/aromatic N) is 1. The number of halogens is 4. The number of benzene rings is 2. The van der Waals surface area contributed by atoms with Crippen LogP contribution in [0, 0.1) is 6.92 Å². The Hall–Kier alpha value is -2.72. The zero-order valence-electron chi connectivity index (χ0n) is 14.1. The fraction of sp³-hybridized carbons (Fsp3) is 0.176. The molecule has 1 aromatic heterocycles. The highest BCUT2D eigenvalue weighted by Crippen LogP contribution is 2.46. The minimum Gasteiger partial charge on any atom is -0.424 e. The van der Waals surface area contributed by atoms with Crippen molar-refractivity contribution in [1.29, 1.82) is 0 Å². The van der Waals surface area contributed by atoms with Crippen LogP contribution in [-0.2, 0) is 0 Å². The molecule has 28 heavy (non-hydrogen) atoms. The van der Waals surface area contributed by atoms with Crippen LogP contribution >= 0.6 is 22.9 Å². The molecule has 1 aliphatic rings. The second-order valence-electron chi connectivity index (χ2n) is 5.98. The van der Waals surface area contributed by atoms with Crippen LogP contribution in [0.25, 0.3) is 10.2 Å². The van der Waals surface area contributed by atoms with Crippen molar-refractivity contribution in [3.63, 3.8) is 0 Å². The summed E-state index contributed by atoms with van der Waals surface area (Å²) in [6, 6.07) is 8.00. The van der Waals surface area contributed by atoms with Crippen LogP contribution in [0.15, 0.2) is 36.4 Å². The Morgan fingerprint density at radius 1 is 1.18 bits per heavy atom. The lowest BCUT2D eigenvalue weighted by Crippen LogP contribution is -2.65. The second-order valence-corrected chi connectivity index (χ2v) is 7.45. The Balaban J connectivity index is 1.56. The largest absolute Gasteiger partial charge is 0.492 e. The molecule has 4 rings (SSSR count). The van der Waals surface area contributed by atoms with E-state index in [4.69, 9.17) is 21.1 Å². The monoisotopic (exact) mass is 429 g/mol. The molecule has 1 atom stereocenters. The number of anilines is 1. The second kappa shape index (κ2) is 6.42. The molecule has 3 aromatic rings. The summed E-state index contributed by atoms with van der Waals surface area (Å²) >= 11 is 6.90. The van der Waals surface area contributed by atoms with Crippen molar-refractivity contribution >= 4 is 44.3 Å². The van der Waals surface area contributed by atoms with Gasteiger partial charge in [-0.05, 0) is 36.8 Å². The number of carbonyl (C=O) groups is 1. The van der Waals surface area contributed by atoms with E-state index in [1.165, 1.54) is 18.2 Å². The van der Waals surface area contributed by atoms with Gasteiger partial charge < -0.3 is 9.47 Å². The van der Waals surface area contributed by atoms with E-state index in [1.54, 1.807) is 11.4 Å². The number of hydrogen-bond donors (Lipinski definition) is 2. The molecule has 146 valence electrons. The van der Waals surface area contributed by atoms with Crippen molar-refractivity contribution in [1.82, 2.24) is 10.3 Å². The molecule has 11 heteroatoms. The quantitative estimate of drug-likeness (QED) is 0.596. The number of thiazole rings is 1. The van der Waals surface area contributed by atoms with Gasteiger partial charge in [-0.1, -0.05) is 29.0 Å². The fourth-order valence-corrected chi connectivity index (χ4v) is 3.70. The number of ether oxygens (including phenoxy) is 2. The summed E-state index contributed by atoms with van der Waals surface area (Å²) in [6.45, 7) is 1.89. The average Bonchev–Trinajstić information content (AvgIpc) is 3.14. The van der Waals surface area contributed by atoms with Crippen LogP contribution in [0.5, 0.6) is 11.5 Å². The van der Waals surface area contributed by atoms with E-state index in [0.29, 0.717) is 5.52 Å². The molecule has 1 aliphatic heterocycles. The Morgan fingerprint density at radius 2 is 1.93 bits per heavy atom. The zero-order valence-corrected chi connectivity index (χ0v) is 15.6. The van der Waals surface area contributed by atoms with Crippen molar-refractivity contribution in [3.05, 3.63) is 47.0 Å². The minimum absolute atomic E-state index is 0.133. The molecule has 2 heterocycles. The molecule has 2 aromatic carbocycles. The first-order valence-electron chi connectivity index (χ1n) is 7.86. The number of amides is 2. The third-order valence-corrected chi connectivity index (χ3v) is 5.00. The number of rotatable bonds is 2. The number of urea groups is 1. The summed E-state index contributed by atoms with van der Waals surface area (Å²) in [6.07, 6.45) is -5.07. The molecule has 0 aliphatic carbocycles. The summed E-state index contributed by atoms with van der Waals surface area (Å²) in [7, 11) is 0. The standard InChI is InChI=1S/C17H11ClF3N3O3S/c1-8-2-4-10-13(6-8)28-15(22-10)23-14(25)24-17(16(19,20)21)26-11-5-3-9(18)7-12(11)27-17/h2-7H,1H3,(H2,22,23,24,25)/t17-/m1/s1. The molecule has 0 radical (unpaired) electrons. The number of hydrogen-bond acceptors (Lipinski definition) is 5. The summed E-state index contributed by atoms with van der Waals surface area (Å²) in [5.41, 5.74) is 1.61. The topological polar surface area (TPSA) is 72.5 Å². The lowest BCUT2D eigenvalue weighted by molar-refractivity contribution is -0.317. The predicted molar refractivity (Wildman–Crippen MR) is 98.0 cm³/mol. The molecule has 0 unspecified atom stereocenters. The van der Waals surface area contributed by atoms with Gasteiger partial charge in [-0.3, -0.25) is 10.6 Å². The molecular formula is C17H11ClF3N3O3S. The number of carbonyl (C=O) groups excluding carboxylic acids is 1. The molecular weight excluding hydrogens is 419 g/mol. The van der Waals surface area contributed by atoms with Gasteiger partial charge >= 0.3 is 18.1 Å². The number of alkyl halides is 3. The molecule has 0 fully saturated rings. The molecule has 2 N–H and O–H groups in total. The van der Waals surface area contributed by atoms with Crippen LogP contribution in [0.4, 0.5) is 23.1 Å². The Kier molecular flexibility index (Phi) is 4.27. The summed E-state index contributed by atoms with van der Waals surface area (Å²) in [5, 5.41) is 4.29. The summed E-state index contributed by atoms with van der Waals surface area (Å²) in [5.74, 6) is -3.81. The van der Waals surface area contributed by atoms with Gasteiger partial charge in [0.2, 0.25) is 0 Å². The Labute approximate surface area is 165 Å². The maximum absolute atomic E-state index is 13.7. The van der Waals surface area contributed by atoms with Crippen molar-refractivity contribution in [2.45, 2.75) is 19.0 Å². The minimum atomic E-state index is -5.07. The van der Waals surface area contributed by atoms with Gasteiger partial charge in [0.25, 0.3) is 0 Å². The Bertz CT molecular complexity index is 1090. The van der Waals surface area contributed by atoms with Crippen LogP contribution in [-0.4, -0.2) is 23.1 Å². The van der Waals surface area contributed by atoms with Crippen LogP contribution in [0.3, 0.4) is 0 Å².